The van der Waals surface area contributed by atoms with Crippen molar-refractivity contribution in [2.24, 2.45) is 0 Å². The quantitative estimate of drug-likeness (QED) is 0.697. The number of H-pyrrole nitrogens is 2. The SMILES string of the molecule is O=c1[nH]c(=S)[nH]c2c1CN(Cc1ccc(-c3ccc(F)cc3)nc1)CC2. The summed E-state index contributed by atoms with van der Waals surface area (Å²) >= 11 is 5.03. The van der Waals surface area contributed by atoms with Crippen molar-refractivity contribution in [3.63, 3.8) is 0 Å². The first-order valence-electron chi connectivity index (χ1n) is 8.36. The molecule has 0 aliphatic carbocycles. The summed E-state index contributed by atoms with van der Waals surface area (Å²) in [6, 6.07) is 10.2. The summed E-state index contributed by atoms with van der Waals surface area (Å²) in [4.78, 5) is 24.5. The highest BCUT2D eigenvalue weighted by atomic mass is 32.1. The van der Waals surface area contributed by atoms with Crippen molar-refractivity contribution in [3.8, 4) is 11.3 Å². The monoisotopic (exact) mass is 368 g/mol. The predicted molar refractivity (Wildman–Crippen MR) is 99.7 cm³/mol. The van der Waals surface area contributed by atoms with E-state index in [4.69, 9.17) is 12.2 Å². The molecule has 132 valence electrons. The van der Waals surface area contributed by atoms with Gasteiger partial charge in [0.25, 0.3) is 5.56 Å². The van der Waals surface area contributed by atoms with Gasteiger partial charge in [-0.05, 0) is 48.1 Å². The number of pyridine rings is 1. The lowest BCUT2D eigenvalue weighted by molar-refractivity contribution is 0.241. The van der Waals surface area contributed by atoms with Gasteiger partial charge >= 0.3 is 0 Å². The molecule has 1 aromatic carbocycles. The number of halogens is 1. The zero-order valence-corrected chi connectivity index (χ0v) is 14.8. The minimum Gasteiger partial charge on any atom is -0.335 e. The number of nitrogens with zero attached hydrogens (tertiary/aromatic N) is 2. The molecule has 0 saturated carbocycles. The van der Waals surface area contributed by atoms with Gasteiger partial charge in [0, 0.05) is 43.5 Å². The van der Waals surface area contributed by atoms with Crippen molar-refractivity contribution in [2.45, 2.75) is 19.5 Å². The van der Waals surface area contributed by atoms with Gasteiger partial charge in [0.1, 0.15) is 5.82 Å². The van der Waals surface area contributed by atoms with Crippen LogP contribution in [0.2, 0.25) is 0 Å². The van der Waals surface area contributed by atoms with Crippen LogP contribution < -0.4 is 5.56 Å². The van der Waals surface area contributed by atoms with E-state index in [1.54, 1.807) is 12.1 Å². The van der Waals surface area contributed by atoms with Crippen molar-refractivity contribution in [2.75, 3.05) is 6.54 Å². The second kappa shape index (κ2) is 6.93. The standard InChI is InChI=1S/C19H17FN4OS/c20-14-4-2-13(3-5-14)16-6-1-12(9-21-16)10-24-8-7-17-15(11-24)18(25)23-19(26)22-17/h1-6,9H,7-8,10-11H2,(H2,22,23,25,26). The molecule has 0 amide bonds. The maximum atomic E-state index is 13.0. The van der Waals surface area contributed by atoms with Gasteiger partial charge in [0.05, 0.1) is 11.3 Å². The molecule has 0 radical (unpaired) electrons. The molecular formula is C19H17FN4OS. The maximum absolute atomic E-state index is 13.0. The van der Waals surface area contributed by atoms with Crippen LogP contribution in [0.5, 0.6) is 0 Å². The smallest absolute Gasteiger partial charge is 0.256 e. The molecule has 4 rings (SSSR count). The number of hydrogen-bond acceptors (Lipinski definition) is 4. The van der Waals surface area contributed by atoms with Crippen LogP contribution in [0.3, 0.4) is 0 Å². The van der Waals surface area contributed by atoms with Crippen LogP contribution in [0.4, 0.5) is 4.39 Å². The third-order valence-electron chi connectivity index (χ3n) is 4.56. The van der Waals surface area contributed by atoms with Crippen molar-refractivity contribution in [1.82, 2.24) is 19.9 Å². The second-order valence-electron chi connectivity index (χ2n) is 6.38. The molecule has 0 unspecified atom stereocenters. The zero-order chi connectivity index (χ0) is 18.1. The molecule has 2 N–H and O–H groups in total. The first-order valence-corrected chi connectivity index (χ1v) is 8.77. The molecular weight excluding hydrogens is 351 g/mol. The van der Waals surface area contributed by atoms with Gasteiger partial charge in [-0.3, -0.25) is 19.7 Å². The highest BCUT2D eigenvalue weighted by Crippen LogP contribution is 2.19. The number of fused-ring (bicyclic) bond motifs is 1. The second-order valence-corrected chi connectivity index (χ2v) is 6.79. The zero-order valence-electron chi connectivity index (χ0n) is 14.0. The Morgan fingerprint density at radius 3 is 2.69 bits per heavy atom. The molecule has 0 spiro atoms. The lowest BCUT2D eigenvalue weighted by Crippen LogP contribution is -2.35. The topological polar surface area (TPSA) is 64.8 Å². The number of aromatic amines is 2. The van der Waals surface area contributed by atoms with E-state index in [1.807, 2.05) is 18.3 Å². The first kappa shape index (κ1) is 16.8. The molecule has 3 aromatic rings. The largest absolute Gasteiger partial charge is 0.335 e. The summed E-state index contributed by atoms with van der Waals surface area (Å²) in [6.07, 6.45) is 2.60. The van der Waals surface area contributed by atoms with Crippen LogP contribution in [0.1, 0.15) is 16.8 Å². The third kappa shape index (κ3) is 3.49. The van der Waals surface area contributed by atoms with Gasteiger partial charge in [0.15, 0.2) is 4.77 Å². The van der Waals surface area contributed by atoms with Crippen LogP contribution in [-0.2, 0) is 19.5 Å². The summed E-state index contributed by atoms with van der Waals surface area (Å²) in [5.41, 5.74) is 4.33. The average molecular weight is 368 g/mol. The van der Waals surface area contributed by atoms with Crippen LogP contribution in [0.15, 0.2) is 47.4 Å². The van der Waals surface area contributed by atoms with Gasteiger partial charge in [-0.25, -0.2) is 4.39 Å². The summed E-state index contributed by atoms with van der Waals surface area (Å²) in [5, 5.41) is 0. The van der Waals surface area contributed by atoms with E-state index in [0.717, 1.165) is 41.0 Å². The van der Waals surface area contributed by atoms with Crippen LogP contribution in [0.25, 0.3) is 11.3 Å². The van der Waals surface area contributed by atoms with E-state index >= 15 is 0 Å². The maximum Gasteiger partial charge on any atom is 0.256 e. The fraction of sp³-hybridized carbons (Fsp3) is 0.211. The van der Waals surface area contributed by atoms with Gasteiger partial charge in [-0.2, -0.15) is 0 Å². The number of nitrogens with one attached hydrogen (secondary N) is 2. The fourth-order valence-corrected chi connectivity index (χ4v) is 3.43. The predicted octanol–water partition coefficient (Wildman–Crippen LogP) is 3.19. The van der Waals surface area contributed by atoms with Gasteiger partial charge in [0.2, 0.25) is 0 Å². The Balaban J connectivity index is 1.49. The molecule has 3 heterocycles. The van der Waals surface area contributed by atoms with Gasteiger partial charge in [-0.15, -0.1) is 0 Å². The summed E-state index contributed by atoms with van der Waals surface area (Å²) in [5.74, 6) is -0.258. The van der Waals surface area contributed by atoms with E-state index in [-0.39, 0.29) is 11.4 Å². The number of benzene rings is 1. The molecule has 2 aromatic heterocycles. The molecule has 5 nitrogen and oxygen atoms in total. The molecule has 1 aliphatic rings. The summed E-state index contributed by atoms with van der Waals surface area (Å²) in [7, 11) is 0. The molecule has 7 heteroatoms. The number of hydrogen-bond donors (Lipinski definition) is 2. The van der Waals surface area contributed by atoms with Crippen LogP contribution >= 0.6 is 12.2 Å². The van der Waals surface area contributed by atoms with E-state index in [9.17, 15) is 9.18 Å². The van der Waals surface area contributed by atoms with E-state index < -0.39 is 0 Å². The van der Waals surface area contributed by atoms with Crippen molar-refractivity contribution < 1.29 is 4.39 Å². The van der Waals surface area contributed by atoms with Crippen molar-refractivity contribution >= 4 is 12.2 Å². The van der Waals surface area contributed by atoms with Crippen molar-refractivity contribution in [1.29, 1.82) is 0 Å². The highest BCUT2D eigenvalue weighted by Gasteiger charge is 2.19. The number of aromatic nitrogens is 3. The Labute approximate surface area is 154 Å². The van der Waals surface area contributed by atoms with Gasteiger partial charge < -0.3 is 4.98 Å². The Hall–Kier alpha value is -2.64. The Bertz CT molecular complexity index is 1040. The minimum absolute atomic E-state index is 0.113. The first-order chi connectivity index (χ1) is 12.6. The lowest BCUT2D eigenvalue weighted by Gasteiger charge is -2.27. The van der Waals surface area contributed by atoms with Crippen LogP contribution in [0, 0.1) is 10.6 Å². The molecule has 0 fully saturated rings. The Morgan fingerprint density at radius 2 is 1.96 bits per heavy atom. The summed E-state index contributed by atoms with van der Waals surface area (Å²) in [6.45, 7) is 2.14. The molecule has 0 saturated heterocycles. The minimum atomic E-state index is -0.258. The molecule has 0 bridgehead atoms. The average Bonchev–Trinajstić information content (AvgIpc) is 2.64. The normalized spacial score (nSPS) is 14.2. The highest BCUT2D eigenvalue weighted by molar-refractivity contribution is 7.71. The van der Waals surface area contributed by atoms with Gasteiger partial charge in [-0.1, -0.05) is 6.07 Å². The lowest BCUT2D eigenvalue weighted by atomic mass is 10.1. The Kier molecular flexibility index (Phi) is 4.48. The fourth-order valence-electron chi connectivity index (χ4n) is 3.22. The van der Waals surface area contributed by atoms with E-state index in [0.29, 0.717) is 17.9 Å². The van der Waals surface area contributed by atoms with Crippen LogP contribution in [-0.4, -0.2) is 26.4 Å². The third-order valence-corrected chi connectivity index (χ3v) is 4.76. The Morgan fingerprint density at radius 1 is 1.15 bits per heavy atom. The van der Waals surface area contributed by atoms with E-state index in [1.165, 1.54) is 12.1 Å². The molecule has 0 atom stereocenters. The molecule has 1 aliphatic heterocycles. The summed E-state index contributed by atoms with van der Waals surface area (Å²) < 4.78 is 13.4. The number of rotatable bonds is 3. The van der Waals surface area contributed by atoms with E-state index in [2.05, 4.69) is 19.9 Å². The van der Waals surface area contributed by atoms with Crippen molar-refractivity contribution in [3.05, 3.63) is 80.4 Å². The molecule has 26 heavy (non-hydrogen) atoms.